The van der Waals surface area contributed by atoms with Gasteiger partial charge < -0.3 is 21.1 Å². The molecule has 0 saturated carbocycles. The van der Waals surface area contributed by atoms with Gasteiger partial charge in [0, 0.05) is 6.54 Å². The minimum Gasteiger partial charge on any atom is -0.395 e. The lowest BCUT2D eigenvalue weighted by molar-refractivity contribution is 0.311. The van der Waals surface area contributed by atoms with E-state index in [1.807, 2.05) is 0 Å². The predicted octanol–water partition coefficient (Wildman–Crippen LogP) is -0.604. The first-order valence-corrected chi connectivity index (χ1v) is 2.98. The second-order valence-corrected chi connectivity index (χ2v) is 1.83. The molecule has 0 spiro atoms. The van der Waals surface area contributed by atoms with Gasteiger partial charge in [-0.25, -0.2) is 4.98 Å². The normalized spacial score (nSPS) is 9.70. The number of rotatable bonds is 3. The largest absolute Gasteiger partial charge is 0.395 e. The molecular weight excluding hydrogens is 132 g/mol. The van der Waals surface area contributed by atoms with Crippen LogP contribution in [0.1, 0.15) is 0 Å². The van der Waals surface area contributed by atoms with Gasteiger partial charge in [-0.05, 0) is 0 Å². The second-order valence-electron chi connectivity index (χ2n) is 1.83. The van der Waals surface area contributed by atoms with E-state index in [0.717, 1.165) is 5.82 Å². The second kappa shape index (κ2) is 3.07. The first-order valence-electron chi connectivity index (χ1n) is 2.98. The number of H-pyrrole nitrogens is 1. The molecule has 0 atom stereocenters. The Bertz CT molecular complexity index is 197. The molecule has 10 heavy (non-hydrogen) atoms. The third kappa shape index (κ3) is 1.63. The van der Waals surface area contributed by atoms with Crippen LogP contribution < -0.4 is 11.1 Å². The van der Waals surface area contributed by atoms with Gasteiger partial charge in [-0.3, -0.25) is 0 Å². The van der Waals surface area contributed by atoms with E-state index in [1.165, 1.54) is 0 Å². The molecule has 0 aromatic carbocycles. The van der Waals surface area contributed by atoms with E-state index in [1.54, 1.807) is 6.20 Å². The summed E-state index contributed by atoms with van der Waals surface area (Å²) in [7, 11) is 0. The number of aliphatic hydroxyl groups excluding tert-OH is 1. The molecule has 0 aliphatic rings. The molecule has 5 heteroatoms. The molecule has 0 bridgehead atoms. The number of nitrogens with two attached hydrogens (primary N) is 1. The van der Waals surface area contributed by atoms with Crippen LogP contribution in [-0.2, 0) is 0 Å². The Kier molecular flexibility index (Phi) is 2.11. The number of imidazole rings is 1. The SMILES string of the molecule is Nc1ncc(NCCO)[nH]1. The Balaban J connectivity index is 2.42. The molecule has 0 saturated heterocycles. The highest BCUT2D eigenvalue weighted by Gasteiger charge is 1.92. The van der Waals surface area contributed by atoms with Gasteiger partial charge in [-0.1, -0.05) is 0 Å². The van der Waals surface area contributed by atoms with Crippen molar-refractivity contribution < 1.29 is 5.11 Å². The molecule has 1 aromatic rings. The third-order valence-corrected chi connectivity index (χ3v) is 1.02. The van der Waals surface area contributed by atoms with E-state index in [0.29, 0.717) is 12.5 Å². The van der Waals surface area contributed by atoms with Crippen LogP contribution in [0.3, 0.4) is 0 Å². The van der Waals surface area contributed by atoms with E-state index in [9.17, 15) is 0 Å². The number of aromatic amines is 1. The van der Waals surface area contributed by atoms with Crippen LogP contribution in [0.25, 0.3) is 0 Å². The number of aromatic nitrogens is 2. The quantitative estimate of drug-likeness (QED) is 0.453. The molecule has 1 heterocycles. The molecule has 0 radical (unpaired) electrons. The van der Waals surface area contributed by atoms with E-state index in [4.69, 9.17) is 10.8 Å². The van der Waals surface area contributed by atoms with Crippen molar-refractivity contribution in [1.29, 1.82) is 0 Å². The molecule has 0 amide bonds. The fourth-order valence-electron chi connectivity index (χ4n) is 0.617. The standard InChI is InChI=1S/C5H10N4O/c6-5-8-3-4(9-5)7-1-2-10/h3,7,10H,1-2H2,(H3,6,8,9). The minimum absolute atomic E-state index is 0.0962. The number of nitrogens with one attached hydrogen (secondary N) is 2. The number of nitrogens with zero attached hydrogens (tertiary/aromatic N) is 1. The maximum Gasteiger partial charge on any atom is 0.199 e. The van der Waals surface area contributed by atoms with Gasteiger partial charge in [0.15, 0.2) is 5.95 Å². The summed E-state index contributed by atoms with van der Waals surface area (Å²) in [4.78, 5) is 6.50. The van der Waals surface area contributed by atoms with Crippen LogP contribution in [-0.4, -0.2) is 28.2 Å². The fraction of sp³-hybridized carbons (Fsp3) is 0.400. The molecule has 5 N–H and O–H groups in total. The summed E-state index contributed by atoms with van der Waals surface area (Å²) in [6.45, 7) is 0.598. The molecule has 56 valence electrons. The van der Waals surface area contributed by atoms with Crippen molar-refractivity contribution in [3.63, 3.8) is 0 Å². The molecule has 1 aromatic heterocycles. The van der Waals surface area contributed by atoms with Gasteiger partial charge in [-0.15, -0.1) is 0 Å². The lowest BCUT2D eigenvalue weighted by Gasteiger charge is -1.97. The summed E-state index contributed by atoms with van der Waals surface area (Å²) in [5.74, 6) is 1.10. The molecule has 0 aliphatic carbocycles. The number of hydrogen-bond donors (Lipinski definition) is 4. The van der Waals surface area contributed by atoms with Crippen LogP contribution >= 0.6 is 0 Å². The molecule has 0 unspecified atom stereocenters. The van der Waals surface area contributed by atoms with Crippen molar-refractivity contribution in [2.75, 3.05) is 24.2 Å². The van der Waals surface area contributed by atoms with Crippen LogP contribution in [0.5, 0.6) is 0 Å². The topological polar surface area (TPSA) is 87.0 Å². The number of hydrogen-bond acceptors (Lipinski definition) is 4. The molecule has 0 aliphatic heterocycles. The first-order chi connectivity index (χ1) is 4.83. The third-order valence-electron chi connectivity index (χ3n) is 1.02. The Morgan fingerprint density at radius 3 is 3.10 bits per heavy atom. The molecule has 5 nitrogen and oxygen atoms in total. The van der Waals surface area contributed by atoms with Crippen LogP contribution in [0.4, 0.5) is 11.8 Å². The van der Waals surface area contributed by atoms with Crippen LogP contribution in [0.2, 0.25) is 0 Å². The molecular formula is C5H10N4O. The zero-order chi connectivity index (χ0) is 7.40. The average molecular weight is 142 g/mol. The maximum atomic E-state index is 8.41. The number of nitrogen functional groups attached to an aromatic ring is 1. The zero-order valence-corrected chi connectivity index (χ0v) is 5.46. The summed E-state index contributed by atoms with van der Waals surface area (Å²) >= 11 is 0. The summed E-state index contributed by atoms with van der Waals surface area (Å²) in [5, 5.41) is 11.3. The van der Waals surface area contributed by atoms with Gasteiger partial charge in [0.25, 0.3) is 0 Å². The number of anilines is 2. The van der Waals surface area contributed by atoms with E-state index in [-0.39, 0.29) is 6.61 Å². The van der Waals surface area contributed by atoms with Gasteiger partial charge in [0.1, 0.15) is 5.82 Å². The maximum absolute atomic E-state index is 8.41. The zero-order valence-electron chi connectivity index (χ0n) is 5.46. The van der Waals surface area contributed by atoms with E-state index >= 15 is 0 Å². The predicted molar refractivity (Wildman–Crippen MR) is 38.6 cm³/mol. The molecule has 1 rings (SSSR count). The Morgan fingerprint density at radius 2 is 2.60 bits per heavy atom. The number of aliphatic hydroxyl groups is 1. The van der Waals surface area contributed by atoms with Crippen molar-refractivity contribution in [2.24, 2.45) is 0 Å². The van der Waals surface area contributed by atoms with Crippen molar-refractivity contribution in [2.45, 2.75) is 0 Å². The monoisotopic (exact) mass is 142 g/mol. The van der Waals surface area contributed by atoms with E-state index in [2.05, 4.69) is 15.3 Å². The summed E-state index contributed by atoms with van der Waals surface area (Å²) in [6.07, 6.45) is 1.57. The van der Waals surface area contributed by atoms with Crippen LogP contribution in [0, 0.1) is 0 Å². The highest BCUT2D eigenvalue weighted by Crippen LogP contribution is 2.01. The summed E-state index contributed by atoms with van der Waals surface area (Å²) in [5.41, 5.74) is 5.28. The van der Waals surface area contributed by atoms with Gasteiger partial charge in [-0.2, -0.15) is 0 Å². The van der Waals surface area contributed by atoms with Gasteiger partial charge >= 0.3 is 0 Å². The highest BCUT2D eigenvalue weighted by atomic mass is 16.3. The van der Waals surface area contributed by atoms with Gasteiger partial charge in [0.05, 0.1) is 12.8 Å². The highest BCUT2D eigenvalue weighted by molar-refractivity contribution is 5.37. The Morgan fingerprint density at radius 1 is 1.80 bits per heavy atom. The van der Waals surface area contributed by atoms with E-state index < -0.39 is 0 Å². The lowest BCUT2D eigenvalue weighted by atomic mass is 10.6. The van der Waals surface area contributed by atoms with Crippen LogP contribution in [0.15, 0.2) is 6.20 Å². The van der Waals surface area contributed by atoms with Crippen molar-refractivity contribution >= 4 is 11.8 Å². The molecule has 0 fully saturated rings. The average Bonchev–Trinajstić information content (AvgIpc) is 2.31. The summed E-state index contributed by atoms with van der Waals surface area (Å²) in [6, 6.07) is 0. The lowest BCUT2D eigenvalue weighted by Crippen LogP contribution is -2.05. The summed E-state index contributed by atoms with van der Waals surface area (Å²) < 4.78 is 0. The first kappa shape index (κ1) is 6.88. The fourth-order valence-corrected chi connectivity index (χ4v) is 0.617. The Hall–Kier alpha value is -1.23. The Labute approximate surface area is 58.3 Å². The smallest absolute Gasteiger partial charge is 0.199 e. The minimum atomic E-state index is 0.0962. The van der Waals surface area contributed by atoms with Crippen molar-refractivity contribution in [3.8, 4) is 0 Å². The van der Waals surface area contributed by atoms with Crippen molar-refractivity contribution in [3.05, 3.63) is 6.20 Å². The van der Waals surface area contributed by atoms with Gasteiger partial charge in [0.2, 0.25) is 0 Å². The van der Waals surface area contributed by atoms with Crippen molar-refractivity contribution in [1.82, 2.24) is 9.97 Å².